The third-order valence-corrected chi connectivity index (χ3v) is 3.85. The van der Waals surface area contributed by atoms with Gasteiger partial charge in [-0.25, -0.2) is 4.79 Å². The molecule has 110 valence electrons. The van der Waals surface area contributed by atoms with E-state index in [-0.39, 0.29) is 24.4 Å². The van der Waals surface area contributed by atoms with Crippen molar-refractivity contribution < 1.29 is 24.9 Å². The van der Waals surface area contributed by atoms with Crippen molar-refractivity contribution >= 4 is 5.97 Å². The van der Waals surface area contributed by atoms with Gasteiger partial charge in [0.2, 0.25) is 0 Å². The van der Waals surface area contributed by atoms with Crippen LogP contribution >= 0.6 is 0 Å². The summed E-state index contributed by atoms with van der Waals surface area (Å²) in [5.74, 6) is -0.583. The zero-order chi connectivity index (χ0) is 14.3. The van der Waals surface area contributed by atoms with Crippen LogP contribution in [0.3, 0.4) is 0 Å². The zero-order valence-electron chi connectivity index (χ0n) is 11.4. The first kappa shape index (κ1) is 16.1. The highest BCUT2D eigenvalue weighted by Crippen LogP contribution is 2.35. The Labute approximate surface area is 113 Å². The number of unbranched alkanes of at least 4 members (excludes halogenated alkanes) is 2. The molecule has 3 N–H and O–H groups in total. The molecule has 0 aromatic rings. The summed E-state index contributed by atoms with van der Waals surface area (Å²) in [6.45, 7) is -0.0782. The minimum atomic E-state index is -0.593. The maximum absolute atomic E-state index is 10.8. The number of hydrogen-bond donors (Lipinski definition) is 3. The molecule has 0 aliphatic heterocycles. The van der Waals surface area contributed by atoms with Crippen LogP contribution in [0.5, 0.6) is 0 Å². The fourth-order valence-corrected chi connectivity index (χ4v) is 2.72. The van der Waals surface area contributed by atoms with Crippen molar-refractivity contribution in [3.63, 3.8) is 0 Å². The quantitative estimate of drug-likeness (QED) is 0.359. The molecule has 5 heteroatoms. The van der Waals surface area contributed by atoms with Gasteiger partial charge < -0.3 is 20.1 Å². The normalized spacial score (nSPS) is 30.9. The molecular weight excluding hydrogens is 248 g/mol. The van der Waals surface area contributed by atoms with Crippen LogP contribution in [0.2, 0.25) is 0 Å². The minimum absolute atomic E-state index is 0.0235. The Kier molecular flexibility index (Phi) is 7.05. The topological polar surface area (TPSA) is 87.0 Å². The van der Waals surface area contributed by atoms with E-state index in [1.54, 1.807) is 6.08 Å². The van der Waals surface area contributed by atoms with Crippen molar-refractivity contribution in [2.24, 2.45) is 11.8 Å². The number of carbonyl (C=O) groups excluding carboxylic acids is 1. The minimum Gasteiger partial charge on any atom is -0.466 e. The second-order valence-electron chi connectivity index (χ2n) is 5.09. The molecule has 1 fully saturated rings. The highest BCUT2D eigenvalue weighted by Gasteiger charge is 2.40. The molecule has 0 radical (unpaired) electrons. The smallest absolute Gasteiger partial charge is 0.330 e. The van der Waals surface area contributed by atoms with E-state index in [4.69, 9.17) is 0 Å². The molecule has 0 bridgehead atoms. The molecule has 5 nitrogen and oxygen atoms in total. The van der Waals surface area contributed by atoms with Gasteiger partial charge in [0.25, 0.3) is 0 Å². The van der Waals surface area contributed by atoms with Gasteiger partial charge in [0.15, 0.2) is 0 Å². The van der Waals surface area contributed by atoms with Crippen LogP contribution in [-0.2, 0) is 9.53 Å². The summed E-state index contributed by atoms with van der Waals surface area (Å²) in [6.07, 6.45) is 5.81. The second kappa shape index (κ2) is 8.30. The van der Waals surface area contributed by atoms with Gasteiger partial charge in [-0.1, -0.05) is 12.5 Å². The summed E-state index contributed by atoms with van der Waals surface area (Å²) < 4.78 is 4.48. The number of ether oxygens (including phenoxy) is 1. The largest absolute Gasteiger partial charge is 0.466 e. The third-order valence-electron chi connectivity index (χ3n) is 3.85. The predicted octanol–water partition coefficient (Wildman–Crippen LogP) is 0.626. The van der Waals surface area contributed by atoms with E-state index in [2.05, 4.69) is 4.74 Å². The molecule has 0 aromatic heterocycles. The number of aliphatic hydroxyl groups is 3. The molecule has 0 amide bonds. The van der Waals surface area contributed by atoms with Crippen molar-refractivity contribution in [1.82, 2.24) is 0 Å². The number of methoxy groups -OCH3 is 1. The van der Waals surface area contributed by atoms with Gasteiger partial charge in [0.1, 0.15) is 0 Å². The lowest BCUT2D eigenvalue weighted by Crippen LogP contribution is -2.25. The van der Waals surface area contributed by atoms with Crippen LogP contribution in [0.1, 0.15) is 32.1 Å². The molecule has 4 atom stereocenters. The molecule has 1 rings (SSSR count). The Morgan fingerprint density at radius 3 is 2.58 bits per heavy atom. The van der Waals surface area contributed by atoms with E-state index < -0.39 is 12.2 Å². The van der Waals surface area contributed by atoms with Crippen LogP contribution in [0.25, 0.3) is 0 Å². The SMILES string of the molecule is COC(=O)C=CCCCC[C@H]1[C@H](CO)[C@@H](O)C[C@H]1O. The maximum atomic E-state index is 10.8. The first-order valence-corrected chi connectivity index (χ1v) is 6.81. The summed E-state index contributed by atoms with van der Waals surface area (Å²) in [5, 5.41) is 28.7. The maximum Gasteiger partial charge on any atom is 0.330 e. The monoisotopic (exact) mass is 272 g/mol. The standard InChI is InChI=1S/C14H24O5/c1-19-14(18)7-5-3-2-4-6-10-11(9-15)13(17)8-12(10)16/h5,7,10-13,15-17H,2-4,6,8-9H2,1H3/t10-,11-,12+,13-/m0/s1. The van der Waals surface area contributed by atoms with Gasteiger partial charge in [-0.3, -0.25) is 0 Å². The van der Waals surface area contributed by atoms with E-state index in [0.717, 1.165) is 25.7 Å². The fraction of sp³-hybridized carbons (Fsp3) is 0.786. The Hall–Kier alpha value is -0.910. The summed E-state index contributed by atoms with van der Waals surface area (Å²) in [4.78, 5) is 10.8. The van der Waals surface area contributed by atoms with Crippen molar-refractivity contribution in [2.75, 3.05) is 13.7 Å². The molecule has 0 saturated heterocycles. The van der Waals surface area contributed by atoms with Gasteiger partial charge >= 0.3 is 5.97 Å². The summed E-state index contributed by atoms with van der Waals surface area (Å²) in [6, 6.07) is 0. The third kappa shape index (κ3) is 4.93. The Morgan fingerprint density at radius 1 is 1.26 bits per heavy atom. The number of allylic oxidation sites excluding steroid dienone is 1. The number of rotatable bonds is 7. The van der Waals surface area contributed by atoms with E-state index in [9.17, 15) is 20.1 Å². The highest BCUT2D eigenvalue weighted by molar-refractivity contribution is 5.81. The van der Waals surface area contributed by atoms with E-state index in [1.807, 2.05) is 0 Å². The van der Waals surface area contributed by atoms with Crippen LogP contribution in [0.4, 0.5) is 0 Å². The number of esters is 1. The van der Waals surface area contributed by atoms with Crippen LogP contribution in [-0.4, -0.2) is 47.2 Å². The zero-order valence-corrected chi connectivity index (χ0v) is 11.4. The average Bonchev–Trinajstić information content (AvgIpc) is 2.67. The fourth-order valence-electron chi connectivity index (χ4n) is 2.72. The second-order valence-corrected chi connectivity index (χ2v) is 5.09. The molecular formula is C14H24O5. The molecule has 0 heterocycles. The van der Waals surface area contributed by atoms with Crippen LogP contribution in [0, 0.1) is 11.8 Å². The van der Waals surface area contributed by atoms with Gasteiger partial charge in [0, 0.05) is 18.6 Å². The highest BCUT2D eigenvalue weighted by atomic mass is 16.5. The Balaban J connectivity index is 2.21. The Morgan fingerprint density at radius 2 is 1.95 bits per heavy atom. The molecule has 0 aromatic carbocycles. The summed E-state index contributed by atoms with van der Waals surface area (Å²) in [7, 11) is 1.34. The first-order valence-electron chi connectivity index (χ1n) is 6.81. The number of carbonyl (C=O) groups is 1. The first-order chi connectivity index (χ1) is 9.10. The van der Waals surface area contributed by atoms with Gasteiger partial charge in [-0.15, -0.1) is 0 Å². The average molecular weight is 272 g/mol. The molecule has 1 aliphatic rings. The van der Waals surface area contributed by atoms with Crippen LogP contribution in [0.15, 0.2) is 12.2 Å². The Bertz CT molecular complexity index is 302. The van der Waals surface area contributed by atoms with Crippen molar-refractivity contribution in [2.45, 2.75) is 44.3 Å². The van der Waals surface area contributed by atoms with Crippen molar-refractivity contribution in [1.29, 1.82) is 0 Å². The van der Waals surface area contributed by atoms with Gasteiger partial charge in [-0.05, 0) is 31.6 Å². The van der Waals surface area contributed by atoms with E-state index in [1.165, 1.54) is 13.2 Å². The molecule has 0 spiro atoms. The number of hydrogen-bond acceptors (Lipinski definition) is 5. The predicted molar refractivity (Wildman–Crippen MR) is 70.3 cm³/mol. The van der Waals surface area contributed by atoms with Gasteiger partial charge in [0.05, 0.1) is 19.3 Å². The van der Waals surface area contributed by atoms with Crippen LogP contribution < -0.4 is 0 Å². The molecule has 1 aliphatic carbocycles. The lowest BCUT2D eigenvalue weighted by Gasteiger charge is -2.21. The lowest BCUT2D eigenvalue weighted by atomic mass is 9.89. The molecule has 1 saturated carbocycles. The molecule has 19 heavy (non-hydrogen) atoms. The van der Waals surface area contributed by atoms with E-state index in [0.29, 0.717) is 6.42 Å². The molecule has 0 unspecified atom stereocenters. The lowest BCUT2D eigenvalue weighted by molar-refractivity contribution is -0.134. The van der Waals surface area contributed by atoms with Crippen molar-refractivity contribution in [3.8, 4) is 0 Å². The van der Waals surface area contributed by atoms with Gasteiger partial charge in [-0.2, -0.15) is 0 Å². The van der Waals surface area contributed by atoms with Crippen molar-refractivity contribution in [3.05, 3.63) is 12.2 Å². The summed E-state index contributed by atoms with van der Waals surface area (Å²) in [5.41, 5.74) is 0. The summed E-state index contributed by atoms with van der Waals surface area (Å²) >= 11 is 0. The van der Waals surface area contributed by atoms with E-state index >= 15 is 0 Å². The number of aliphatic hydroxyl groups excluding tert-OH is 3.